The summed E-state index contributed by atoms with van der Waals surface area (Å²) in [5.74, 6) is -0.355. The van der Waals surface area contributed by atoms with Gasteiger partial charge in [-0.25, -0.2) is 4.79 Å². The van der Waals surface area contributed by atoms with Crippen molar-refractivity contribution >= 4 is 5.97 Å². The Hall–Kier alpha value is -1.29. The molecule has 0 aliphatic carbocycles. The molecule has 4 nitrogen and oxygen atoms in total. The Morgan fingerprint density at radius 2 is 2.46 bits per heavy atom. The van der Waals surface area contributed by atoms with Crippen LogP contribution in [0.5, 0.6) is 0 Å². The number of aromatic amines is 1. The first-order chi connectivity index (χ1) is 6.27. The Bertz CT molecular complexity index is 280. The lowest BCUT2D eigenvalue weighted by Gasteiger charge is -1.96. The zero-order chi connectivity index (χ0) is 9.68. The Kier molecular flexibility index (Phi) is 3.52. The molecule has 0 spiro atoms. The smallest absolute Gasteiger partial charge is 0.354 e. The second kappa shape index (κ2) is 4.67. The number of nitrogens with one attached hydrogen (secondary N) is 1. The number of H-pyrrole nitrogens is 1. The van der Waals surface area contributed by atoms with Crippen LogP contribution in [0.2, 0.25) is 0 Å². The van der Waals surface area contributed by atoms with E-state index in [9.17, 15) is 4.79 Å². The summed E-state index contributed by atoms with van der Waals surface area (Å²) >= 11 is 0. The van der Waals surface area contributed by atoms with Crippen LogP contribution in [0.1, 0.15) is 23.0 Å². The number of aliphatic hydroxyl groups excluding tert-OH is 1. The Morgan fingerprint density at radius 1 is 1.69 bits per heavy atom. The van der Waals surface area contributed by atoms with E-state index in [1.807, 2.05) is 0 Å². The number of hydrogen-bond acceptors (Lipinski definition) is 3. The number of carbonyl (C=O) groups is 1. The predicted molar refractivity (Wildman–Crippen MR) is 47.5 cm³/mol. The Labute approximate surface area is 76.5 Å². The average Bonchev–Trinajstić information content (AvgIpc) is 2.54. The average molecular weight is 183 g/mol. The number of hydrogen-bond donors (Lipinski definition) is 2. The molecule has 0 atom stereocenters. The van der Waals surface area contributed by atoms with E-state index in [0.717, 1.165) is 5.56 Å². The highest BCUT2D eigenvalue weighted by Crippen LogP contribution is 2.05. The van der Waals surface area contributed by atoms with Gasteiger partial charge in [-0.3, -0.25) is 0 Å². The van der Waals surface area contributed by atoms with E-state index in [1.165, 1.54) is 0 Å². The van der Waals surface area contributed by atoms with Crippen LogP contribution in [0.15, 0.2) is 12.3 Å². The van der Waals surface area contributed by atoms with Gasteiger partial charge in [-0.05, 0) is 25.0 Å². The van der Waals surface area contributed by atoms with Crippen molar-refractivity contribution in [1.29, 1.82) is 0 Å². The van der Waals surface area contributed by atoms with Crippen LogP contribution in [0.25, 0.3) is 0 Å². The molecule has 0 radical (unpaired) electrons. The van der Waals surface area contributed by atoms with E-state index in [2.05, 4.69) is 4.98 Å². The van der Waals surface area contributed by atoms with E-state index in [0.29, 0.717) is 18.7 Å². The number of carbonyl (C=O) groups excluding carboxylic acids is 1. The summed E-state index contributed by atoms with van der Waals surface area (Å²) in [7, 11) is 0. The standard InChI is InChI=1S/C9H13NO3/c1-2-13-9(12)8-5-7(3-4-11)6-10-8/h5-6,10-11H,2-4H2,1H3. The topological polar surface area (TPSA) is 62.3 Å². The molecule has 0 saturated carbocycles. The first-order valence-electron chi connectivity index (χ1n) is 4.23. The van der Waals surface area contributed by atoms with Gasteiger partial charge in [0.2, 0.25) is 0 Å². The minimum absolute atomic E-state index is 0.0835. The van der Waals surface area contributed by atoms with Crippen LogP contribution >= 0.6 is 0 Å². The molecule has 72 valence electrons. The molecule has 1 aromatic rings. The highest BCUT2D eigenvalue weighted by Gasteiger charge is 2.08. The molecule has 13 heavy (non-hydrogen) atoms. The van der Waals surface area contributed by atoms with E-state index in [-0.39, 0.29) is 12.6 Å². The quantitative estimate of drug-likeness (QED) is 0.676. The fourth-order valence-electron chi connectivity index (χ4n) is 1.04. The molecule has 2 N–H and O–H groups in total. The summed E-state index contributed by atoms with van der Waals surface area (Å²) in [6, 6.07) is 1.69. The van der Waals surface area contributed by atoms with Gasteiger partial charge in [-0.1, -0.05) is 0 Å². The van der Waals surface area contributed by atoms with Gasteiger partial charge >= 0.3 is 5.97 Å². The minimum Gasteiger partial charge on any atom is -0.461 e. The molecule has 1 heterocycles. The summed E-state index contributed by atoms with van der Waals surface area (Å²) in [6.07, 6.45) is 2.25. The summed E-state index contributed by atoms with van der Waals surface area (Å²) in [5.41, 5.74) is 1.34. The zero-order valence-electron chi connectivity index (χ0n) is 7.54. The summed E-state index contributed by atoms with van der Waals surface area (Å²) in [5, 5.41) is 8.64. The fraction of sp³-hybridized carbons (Fsp3) is 0.444. The molecule has 0 fully saturated rings. The third-order valence-corrected chi connectivity index (χ3v) is 1.64. The first-order valence-corrected chi connectivity index (χ1v) is 4.23. The lowest BCUT2D eigenvalue weighted by Crippen LogP contribution is -2.04. The van der Waals surface area contributed by atoms with E-state index >= 15 is 0 Å². The van der Waals surface area contributed by atoms with Gasteiger partial charge in [-0.15, -0.1) is 0 Å². The summed E-state index contributed by atoms with van der Waals surface area (Å²) < 4.78 is 4.79. The zero-order valence-corrected chi connectivity index (χ0v) is 7.54. The van der Waals surface area contributed by atoms with E-state index in [1.54, 1.807) is 19.2 Å². The van der Waals surface area contributed by atoms with Crippen molar-refractivity contribution < 1.29 is 14.6 Å². The fourth-order valence-corrected chi connectivity index (χ4v) is 1.04. The number of ether oxygens (including phenoxy) is 1. The number of aliphatic hydroxyl groups is 1. The Balaban J connectivity index is 2.62. The van der Waals surface area contributed by atoms with E-state index < -0.39 is 0 Å². The van der Waals surface area contributed by atoms with Crippen molar-refractivity contribution in [3.8, 4) is 0 Å². The lowest BCUT2D eigenvalue weighted by molar-refractivity contribution is 0.0520. The SMILES string of the molecule is CCOC(=O)c1cc(CCO)c[nH]1. The summed E-state index contributed by atoms with van der Waals surface area (Å²) in [6.45, 7) is 2.21. The third kappa shape index (κ3) is 2.59. The maximum atomic E-state index is 11.1. The minimum atomic E-state index is -0.355. The van der Waals surface area contributed by atoms with Gasteiger partial charge in [0.15, 0.2) is 0 Å². The maximum Gasteiger partial charge on any atom is 0.354 e. The molecule has 0 unspecified atom stereocenters. The van der Waals surface area contributed by atoms with Crippen molar-refractivity contribution in [2.24, 2.45) is 0 Å². The molecule has 1 rings (SSSR count). The molecule has 4 heteroatoms. The molecule has 0 aliphatic heterocycles. The van der Waals surface area contributed by atoms with Crippen LogP contribution in [0.4, 0.5) is 0 Å². The van der Waals surface area contributed by atoms with Crippen molar-refractivity contribution in [1.82, 2.24) is 4.98 Å². The monoisotopic (exact) mass is 183 g/mol. The van der Waals surface area contributed by atoms with Crippen LogP contribution in [0, 0.1) is 0 Å². The molecule has 1 aromatic heterocycles. The first kappa shape index (κ1) is 9.80. The third-order valence-electron chi connectivity index (χ3n) is 1.64. The van der Waals surface area contributed by atoms with Crippen molar-refractivity contribution in [3.63, 3.8) is 0 Å². The second-order valence-electron chi connectivity index (χ2n) is 2.62. The van der Waals surface area contributed by atoms with Gasteiger partial charge in [-0.2, -0.15) is 0 Å². The molecule has 0 bridgehead atoms. The van der Waals surface area contributed by atoms with Gasteiger partial charge in [0.05, 0.1) is 6.61 Å². The number of esters is 1. The van der Waals surface area contributed by atoms with Gasteiger partial charge in [0.25, 0.3) is 0 Å². The molecule has 0 amide bonds. The van der Waals surface area contributed by atoms with E-state index in [4.69, 9.17) is 9.84 Å². The molecule has 0 saturated heterocycles. The van der Waals surface area contributed by atoms with Crippen LogP contribution in [0.3, 0.4) is 0 Å². The Morgan fingerprint density at radius 3 is 3.08 bits per heavy atom. The van der Waals surface area contributed by atoms with Crippen molar-refractivity contribution in [2.75, 3.05) is 13.2 Å². The largest absolute Gasteiger partial charge is 0.461 e. The van der Waals surface area contributed by atoms with Gasteiger partial charge in [0.1, 0.15) is 5.69 Å². The van der Waals surface area contributed by atoms with Crippen LogP contribution in [-0.2, 0) is 11.2 Å². The highest BCUT2D eigenvalue weighted by molar-refractivity contribution is 5.87. The number of rotatable bonds is 4. The molecule has 0 aromatic carbocycles. The normalized spacial score (nSPS) is 10.0. The lowest BCUT2D eigenvalue weighted by atomic mass is 10.2. The van der Waals surface area contributed by atoms with Gasteiger partial charge in [0, 0.05) is 12.8 Å². The predicted octanol–water partition coefficient (Wildman–Crippen LogP) is 0.726. The van der Waals surface area contributed by atoms with Crippen molar-refractivity contribution in [3.05, 3.63) is 23.5 Å². The number of aromatic nitrogens is 1. The maximum absolute atomic E-state index is 11.1. The molecule has 0 aliphatic rings. The summed E-state index contributed by atoms with van der Waals surface area (Å²) in [4.78, 5) is 13.9. The van der Waals surface area contributed by atoms with Crippen LogP contribution < -0.4 is 0 Å². The van der Waals surface area contributed by atoms with Gasteiger partial charge < -0.3 is 14.8 Å². The highest BCUT2D eigenvalue weighted by atomic mass is 16.5. The molecular formula is C9H13NO3. The molecular weight excluding hydrogens is 170 g/mol. The second-order valence-corrected chi connectivity index (χ2v) is 2.62. The van der Waals surface area contributed by atoms with Crippen molar-refractivity contribution in [2.45, 2.75) is 13.3 Å². The van der Waals surface area contributed by atoms with Crippen LogP contribution in [-0.4, -0.2) is 29.3 Å².